The number of hydrogen-bond donors (Lipinski definition) is 1. The number of rotatable bonds is 2. The Balaban J connectivity index is 2.44. The number of aryl methyl sites for hydroxylation is 1. The van der Waals surface area contributed by atoms with Gasteiger partial charge in [0, 0.05) is 20.8 Å². The van der Waals surface area contributed by atoms with Crippen LogP contribution in [0.4, 0.5) is 0 Å². The fraction of sp³-hybridized carbons (Fsp3) is 0.167. The molecule has 0 radical (unpaired) electrons. The lowest BCUT2D eigenvalue weighted by molar-refractivity contribution is 1.11. The maximum absolute atomic E-state index is 5.60. The Morgan fingerprint density at radius 3 is 2.67 bits per heavy atom. The molecule has 0 spiro atoms. The molecule has 2 N–H and O–H groups in total. The van der Waals surface area contributed by atoms with Crippen molar-refractivity contribution in [2.75, 3.05) is 0 Å². The van der Waals surface area contributed by atoms with Crippen molar-refractivity contribution in [2.45, 2.75) is 13.5 Å². The lowest BCUT2D eigenvalue weighted by Gasteiger charge is -2.01. The molecule has 0 bridgehead atoms. The summed E-state index contributed by atoms with van der Waals surface area (Å²) in [6.45, 7) is 2.73. The van der Waals surface area contributed by atoms with Crippen LogP contribution in [0.5, 0.6) is 0 Å². The van der Waals surface area contributed by atoms with E-state index in [1.807, 2.05) is 0 Å². The van der Waals surface area contributed by atoms with Gasteiger partial charge in [-0.25, -0.2) is 0 Å². The lowest BCUT2D eigenvalue weighted by atomic mass is 10.1. The van der Waals surface area contributed by atoms with Crippen molar-refractivity contribution in [3.8, 4) is 10.4 Å². The third-order valence-corrected chi connectivity index (χ3v) is 3.80. The Morgan fingerprint density at radius 2 is 2.07 bits per heavy atom. The highest BCUT2D eigenvalue weighted by molar-refractivity contribution is 9.10. The summed E-state index contributed by atoms with van der Waals surface area (Å²) in [5, 5.41) is 0. The van der Waals surface area contributed by atoms with E-state index < -0.39 is 0 Å². The number of benzene rings is 1. The van der Waals surface area contributed by atoms with Gasteiger partial charge in [-0.05, 0) is 42.3 Å². The van der Waals surface area contributed by atoms with Gasteiger partial charge < -0.3 is 5.73 Å². The Kier molecular flexibility index (Phi) is 3.24. The second-order valence-electron chi connectivity index (χ2n) is 3.49. The minimum Gasteiger partial charge on any atom is -0.326 e. The van der Waals surface area contributed by atoms with Crippen LogP contribution < -0.4 is 5.73 Å². The van der Waals surface area contributed by atoms with Crippen LogP contribution in [0.2, 0.25) is 0 Å². The second kappa shape index (κ2) is 4.47. The molecule has 0 unspecified atom stereocenters. The summed E-state index contributed by atoms with van der Waals surface area (Å²) in [4.78, 5) is 2.50. The standard InChI is InChI=1S/C12H12BrNS/c1-8-4-9(6-10(13)5-8)12-3-2-11(7-14)15-12/h2-6H,7,14H2,1H3. The number of thiophene rings is 1. The summed E-state index contributed by atoms with van der Waals surface area (Å²) in [7, 11) is 0. The van der Waals surface area contributed by atoms with Gasteiger partial charge >= 0.3 is 0 Å². The minimum atomic E-state index is 0.623. The first-order valence-corrected chi connectivity index (χ1v) is 6.36. The van der Waals surface area contributed by atoms with Gasteiger partial charge in [-0.15, -0.1) is 11.3 Å². The molecule has 1 aromatic carbocycles. The average molecular weight is 282 g/mol. The Morgan fingerprint density at radius 1 is 1.27 bits per heavy atom. The molecule has 2 rings (SSSR count). The van der Waals surface area contributed by atoms with Crippen LogP contribution in [0.1, 0.15) is 10.4 Å². The summed E-state index contributed by atoms with van der Waals surface area (Å²) >= 11 is 5.27. The highest BCUT2D eigenvalue weighted by Crippen LogP contribution is 2.30. The van der Waals surface area contributed by atoms with Crippen LogP contribution in [-0.4, -0.2) is 0 Å². The van der Waals surface area contributed by atoms with Gasteiger partial charge in [-0.3, -0.25) is 0 Å². The van der Waals surface area contributed by atoms with E-state index in [1.165, 1.54) is 20.9 Å². The van der Waals surface area contributed by atoms with Crippen LogP contribution in [0, 0.1) is 6.92 Å². The first kappa shape index (κ1) is 10.9. The van der Waals surface area contributed by atoms with Crippen LogP contribution in [0.3, 0.4) is 0 Å². The summed E-state index contributed by atoms with van der Waals surface area (Å²) in [6.07, 6.45) is 0. The SMILES string of the molecule is Cc1cc(Br)cc(-c2ccc(CN)s2)c1. The van der Waals surface area contributed by atoms with Gasteiger partial charge in [0.15, 0.2) is 0 Å². The molecule has 0 amide bonds. The topological polar surface area (TPSA) is 26.0 Å². The van der Waals surface area contributed by atoms with E-state index in [0.29, 0.717) is 6.54 Å². The van der Waals surface area contributed by atoms with Crippen LogP contribution >= 0.6 is 27.3 Å². The van der Waals surface area contributed by atoms with Crippen molar-refractivity contribution in [3.05, 3.63) is 45.2 Å². The molecule has 0 aliphatic heterocycles. The minimum absolute atomic E-state index is 0.623. The molecule has 1 aromatic heterocycles. The molecular weight excluding hydrogens is 270 g/mol. The molecule has 0 aliphatic rings. The van der Waals surface area contributed by atoms with Crippen molar-refractivity contribution < 1.29 is 0 Å². The molecule has 1 nitrogen and oxygen atoms in total. The lowest BCUT2D eigenvalue weighted by Crippen LogP contribution is -1.90. The van der Waals surface area contributed by atoms with Gasteiger partial charge in [0.25, 0.3) is 0 Å². The molecular formula is C12H12BrNS. The zero-order valence-corrected chi connectivity index (χ0v) is 10.9. The highest BCUT2D eigenvalue weighted by atomic mass is 79.9. The Bertz CT molecular complexity index is 456. The maximum atomic E-state index is 5.60. The van der Waals surface area contributed by atoms with Gasteiger partial charge in [0.05, 0.1) is 0 Å². The summed E-state index contributed by atoms with van der Waals surface area (Å²) in [6, 6.07) is 10.7. The smallest absolute Gasteiger partial charge is 0.0346 e. The van der Waals surface area contributed by atoms with Crippen molar-refractivity contribution in [2.24, 2.45) is 5.73 Å². The first-order chi connectivity index (χ1) is 7.19. The summed E-state index contributed by atoms with van der Waals surface area (Å²) in [5.41, 5.74) is 8.12. The fourth-order valence-electron chi connectivity index (χ4n) is 1.52. The van der Waals surface area contributed by atoms with E-state index in [9.17, 15) is 0 Å². The van der Waals surface area contributed by atoms with Crippen LogP contribution in [0.25, 0.3) is 10.4 Å². The predicted octanol–water partition coefficient (Wildman–Crippen LogP) is 3.94. The van der Waals surface area contributed by atoms with E-state index in [4.69, 9.17) is 5.73 Å². The number of nitrogens with two attached hydrogens (primary N) is 1. The van der Waals surface area contributed by atoms with Gasteiger partial charge in [-0.1, -0.05) is 22.0 Å². The normalized spacial score (nSPS) is 10.6. The summed E-state index contributed by atoms with van der Waals surface area (Å²) < 4.78 is 1.13. The van der Waals surface area contributed by atoms with E-state index in [-0.39, 0.29) is 0 Å². The Hall–Kier alpha value is -0.640. The van der Waals surface area contributed by atoms with Gasteiger partial charge in [-0.2, -0.15) is 0 Å². The molecule has 0 saturated carbocycles. The third-order valence-electron chi connectivity index (χ3n) is 2.19. The average Bonchev–Trinajstić information content (AvgIpc) is 2.64. The maximum Gasteiger partial charge on any atom is 0.0346 e. The molecule has 15 heavy (non-hydrogen) atoms. The fourth-order valence-corrected chi connectivity index (χ4v) is 3.00. The van der Waals surface area contributed by atoms with Crippen molar-refractivity contribution in [1.82, 2.24) is 0 Å². The molecule has 78 valence electrons. The molecule has 0 fully saturated rings. The van der Waals surface area contributed by atoms with Crippen molar-refractivity contribution in [1.29, 1.82) is 0 Å². The van der Waals surface area contributed by atoms with Crippen molar-refractivity contribution in [3.63, 3.8) is 0 Å². The van der Waals surface area contributed by atoms with Crippen LogP contribution in [0.15, 0.2) is 34.8 Å². The summed E-state index contributed by atoms with van der Waals surface area (Å²) in [5.74, 6) is 0. The molecule has 0 saturated heterocycles. The molecule has 1 heterocycles. The zero-order valence-electron chi connectivity index (χ0n) is 8.46. The zero-order chi connectivity index (χ0) is 10.8. The molecule has 0 aliphatic carbocycles. The monoisotopic (exact) mass is 281 g/mol. The third kappa shape index (κ3) is 2.48. The van der Waals surface area contributed by atoms with E-state index in [2.05, 4.69) is 53.2 Å². The number of halogens is 1. The first-order valence-electron chi connectivity index (χ1n) is 4.75. The largest absolute Gasteiger partial charge is 0.326 e. The van der Waals surface area contributed by atoms with E-state index in [0.717, 1.165) is 4.47 Å². The van der Waals surface area contributed by atoms with Gasteiger partial charge in [0.1, 0.15) is 0 Å². The Labute approximate surface area is 102 Å². The van der Waals surface area contributed by atoms with Gasteiger partial charge in [0.2, 0.25) is 0 Å². The molecule has 2 aromatic rings. The molecule has 3 heteroatoms. The predicted molar refractivity (Wildman–Crippen MR) is 70.1 cm³/mol. The van der Waals surface area contributed by atoms with E-state index in [1.54, 1.807) is 11.3 Å². The van der Waals surface area contributed by atoms with Crippen molar-refractivity contribution >= 4 is 27.3 Å². The quantitative estimate of drug-likeness (QED) is 0.887. The van der Waals surface area contributed by atoms with Crippen LogP contribution in [-0.2, 0) is 6.54 Å². The molecule has 0 atom stereocenters. The van der Waals surface area contributed by atoms with E-state index >= 15 is 0 Å². The second-order valence-corrected chi connectivity index (χ2v) is 5.57. The highest BCUT2D eigenvalue weighted by Gasteiger charge is 2.03. The number of hydrogen-bond acceptors (Lipinski definition) is 2.